The van der Waals surface area contributed by atoms with Crippen LogP contribution in [0.5, 0.6) is 11.5 Å². The number of carbonyl (C=O) groups is 1. The fraction of sp³-hybridized carbons (Fsp3) is 0.500. The number of aliphatic carboxylic acids is 1. The summed E-state index contributed by atoms with van der Waals surface area (Å²) >= 11 is 1.64. The summed E-state index contributed by atoms with van der Waals surface area (Å²) in [5.41, 5.74) is 0.957. The second kappa shape index (κ2) is 8.71. The topological polar surface area (TPSA) is 67.8 Å². The minimum absolute atomic E-state index is 0.478. The van der Waals surface area contributed by atoms with Crippen molar-refractivity contribution in [3.63, 3.8) is 0 Å². The van der Waals surface area contributed by atoms with Gasteiger partial charge in [0.2, 0.25) is 0 Å². The van der Waals surface area contributed by atoms with Crippen LogP contribution in [0.3, 0.4) is 0 Å². The molecule has 0 fully saturated rings. The van der Waals surface area contributed by atoms with E-state index in [1.54, 1.807) is 26.0 Å². The average Bonchev–Trinajstić information content (AvgIpc) is 2.46. The molecule has 6 heteroatoms. The zero-order valence-electron chi connectivity index (χ0n) is 12.0. The molecule has 0 bridgehead atoms. The van der Waals surface area contributed by atoms with Crippen LogP contribution < -0.4 is 14.8 Å². The Morgan fingerprint density at radius 3 is 2.60 bits per heavy atom. The van der Waals surface area contributed by atoms with Crippen molar-refractivity contribution < 1.29 is 19.4 Å². The van der Waals surface area contributed by atoms with Crippen LogP contribution in [0.15, 0.2) is 18.2 Å². The molecule has 112 valence electrons. The van der Waals surface area contributed by atoms with Gasteiger partial charge < -0.3 is 19.9 Å². The van der Waals surface area contributed by atoms with Gasteiger partial charge in [-0.25, -0.2) is 0 Å². The van der Waals surface area contributed by atoms with E-state index in [0.29, 0.717) is 24.5 Å². The number of ether oxygens (including phenoxy) is 2. The predicted octanol–water partition coefficient (Wildman–Crippen LogP) is 2.00. The van der Waals surface area contributed by atoms with E-state index in [1.165, 1.54) is 0 Å². The number of hydrogen-bond donors (Lipinski definition) is 2. The third-order valence-electron chi connectivity index (χ3n) is 2.91. The molecule has 0 saturated heterocycles. The van der Waals surface area contributed by atoms with E-state index in [-0.39, 0.29) is 0 Å². The lowest BCUT2D eigenvalue weighted by molar-refractivity contribution is -0.139. The first-order valence-corrected chi connectivity index (χ1v) is 7.67. The van der Waals surface area contributed by atoms with E-state index in [4.69, 9.17) is 14.6 Å². The first-order chi connectivity index (χ1) is 9.62. The van der Waals surface area contributed by atoms with E-state index in [0.717, 1.165) is 11.3 Å². The second-order valence-corrected chi connectivity index (χ2v) is 5.23. The molecule has 20 heavy (non-hydrogen) atoms. The Morgan fingerprint density at radius 2 is 2.05 bits per heavy atom. The molecule has 2 N–H and O–H groups in total. The highest BCUT2D eigenvalue weighted by molar-refractivity contribution is 7.98. The van der Waals surface area contributed by atoms with Crippen molar-refractivity contribution >= 4 is 17.7 Å². The minimum atomic E-state index is -0.820. The Morgan fingerprint density at radius 1 is 1.35 bits per heavy atom. The summed E-state index contributed by atoms with van der Waals surface area (Å²) in [5, 5.41) is 12.2. The number of hydrogen-bond acceptors (Lipinski definition) is 5. The highest BCUT2D eigenvalue weighted by atomic mass is 32.2. The van der Waals surface area contributed by atoms with Gasteiger partial charge in [-0.15, -0.1) is 0 Å². The lowest BCUT2D eigenvalue weighted by atomic mass is 10.1. The summed E-state index contributed by atoms with van der Waals surface area (Å²) in [7, 11) is 3.16. The molecule has 1 aromatic carbocycles. The van der Waals surface area contributed by atoms with Crippen LogP contribution in [0.25, 0.3) is 0 Å². The van der Waals surface area contributed by atoms with Gasteiger partial charge in [0.05, 0.1) is 14.2 Å². The van der Waals surface area contributed by atoms with E-state index < -0.39 is 12.0 Å². The normalized spacial score (nSPS) is 11.9. The number of carboxylic acids is 1. The first-order valence-electron chi connectivity index (χ1n) is 6.28. The number of rotatable bonds is 9. The van der Waals surface area contributed by atoms with Crippen molar-refractivity contribution in [3.8, 4) is 11.5 Å². The van der Waals surface area contributed by atoms with Crippen LogP contribution in [0.4, 0.5) is 0 Å². The molecular weight excluding hydrogens is 278 g/mol. The maximum absolute atomic E-state index is 11.1. The number of thioether (sulfide) groups is 1. The van der Waals surface area contributed by atoms with Crippen molar-refractivity contribution in [3.05, 3.63) is 23.8 Å². The Bertz CT molecular complexity index is 439. The quantitative estimate of drug-likeness (QED) is 0.727. The average molecular weight is 299 g/mol. The van der Waals surface area contributed by atoms with Gasteiger partial charge in [-0.3, -0.25) is 4.79 Å². The number of benzene rings is 1. The molecule has 1 atom stereocenters. The number of nitrogens with one attached hydrogen (secondary N) is 1. The van der Waals surface area contributed by atoms with E-state index in [9.17, 15) is 4.79 Å². The van der Waals surface area contributed by atoms with Crippen LogP contribution in [-0.2, 0) is 11.3 Å². The third-order valence-corrected chi connectivity index (χ3v) is 3.55. The summed E-state index contributed by atoms with van der Waals surface area (Å²) in [5.74, 6) is 1.30. The Kier molecular flexibility index (Phi) is 7.25. The van der Waals surface area contributed by atoms with Crippen molar-refractivity contribution in [1.29, 1.82) is 0 Å². The summed E-state index contributed by atoms with van der Waals surface area (Å²) in [6, 6.07) is 5.02. The van der Waals surface area contributed by atoms with Gasteiger partial charge in [0.25, 0.3) is 0 Å². The van der Waals surface area contributed by atoms with Crippen LogP contribution >= 0.6 is 11.8 Å². The minimum Gasteiger partial charge on any atom is -0.493 e. The number of carboxylic acid groups (broad SMARTS) is 1. The van der Waals surface area contributed by atoms with Crippen LogP contribution in [0, 0.1) is 0 Å². The molecule has 0 unspecified atom stereocenters. The zero-order chi connectivity index (χ0) is 15.0. The first kappa shape index (κ1) is 16.7. The lowest BCUT2D eigenvalue weighted by Gasteiger charge is -2.15. The molecule has 1 rings (SSSR count). The van der Waals surface area contributed by atoms with Crippen molar-refractivity contribution in [1.82, 2.24) is 5.32 Å². The Balaban J connectivity index is 2.65. The molecule has 1 aromatic rings. The van der Waals surface area contributed by atoms with Crippen molar-refractivity contribution in [2.45, 2.75) is 19.0 Å². The molecule has 5 nitrogen and oxygen atoms in total. The van der Waals surface area contributed by atoms with Crippen LogP contribution in [-0.4, -0.2) is 43.3 Å². The molecule has 0 radical (unpaired) electrons. The lowest BCUT2D eigenvalue weighted by Crippen LogP contribution is -2.36. The summed E-state index contributed by atoms with van der Waals surface area (Å²) in [6.07, 6.45) is 2.57. The maximum Gasteiger partial charge on any atom is 0.320 e. The highest BCUT2D eigenvalue weighted by Crippen LogP contribution is 2.27. The summed E-state index contributed by atoms with van der Waals surface area (Å²) < 4.78 is 10.4. The summed E-state index contributed by atoms with van der Waals surface area (Å²) in [6.45, 7) is 0.478. The van der Waals surface area contributed by atoms with Gasteiger partial charge in [-0.1, -0.05) is 6.07 Å². The molecule has 0 aromatic heterocycles. The van der Waals surface area contributed by atoms with Crippen molar-refractivity contribution in [2.24, 2.45) is 0 Å². The Hall–Kier alpha value is -1.40. The standard InChI is InChI=1S/C14H21NO4S/c1-18-12-5-4-10(8-13(12)19-2)9-15-11(14(16)17)6-7-20-3/h4-5,8,11,15H,6-7,9H2,1-3H3,(H,16,17)/t11-/m1/s1. The van der Waals surface area contributed by atoms with Gasteiger partial charge >= 0.3 is 5.97 Å². The predicted molar refractivity (Wildman–Crippen MR) is 80.8 cm³/mol. The smallest absolute Gasteiger partial charge is 0.320 e. The summed E-state index contributed by atoms with van der Waals surface area (Å²) in [4.78, 5) is 11.1. The molecule has 0 aliphatic heterocycles. The van der Waals surface area contributed by atoms with E-state index in [2.05, 4.69) is 5.32 Å². The van der Waals surface area contributed by atoms with E-state index >= 15 is 0 Å². The fourth-order valence-electron chi connectivity index (χ4n) is 1.78. The third kappa shape index (κ3) is 4.94. The van der Waals surface area contributed by atoms with Gasteiger partial charge in [0.15, 0.2) is 11.5 Å². The largest absolute Gasteiger partial charge is 0.493 e. The molecule has 0 spiro atoms. The molecule has 0 saturated carbocycles. The van der Waals surface area contributed by atoms with Crippen molar-refractivity contribution in [2.75, 3.05) is 26.2 Å². The number of methoxy groups -OCH3 is 2. The molecule has 0 aliphatic carbocycles. The van der Waals surface area contributed by atoms with Crippen LogP contribution in [0.1, 0.15) is 12.0 Å². The molecular formula is C14H21NO4S. The fourth-order valence-corrected chi connectivity index (χ4v) is 2.25. The van der Waals surface area contributed by atoms with Gasteiger partial charge in [0, 0.05) is 6.54 Å². The maximum atomic E-state index is 11.1. The van der Waals surface area contributed by atoms with Gasteiger partial charge in [-0.05, 0) is 36.1 Å². The molecule has 0 heterocycles. The SMILES string of the molecule is COc1ccc(CN[C@H](CCSC)C(=O)O)cc1OC. The highest BCUT2D eigenvalue weighted by Gasteiger charge is 2.16. The zero-order valence-corrected chi connectivity index (χ0v) is 12.8. The van der Waals surface area contributed by atoms with Gasteiger partial charge in [0.1, 0.15) is 6.04 Å². The monoisotopic (exact) mass is 299 g/mol. The Labute approximate surface area is 123 Å². The van der Waals surface area contributed by atoms with Crippen LogP contribution in [0.2, 0.25) is 0 Å². The molecule has 0 aliphatic rings. The van der Waals surface area contributed by atoms with E-state index in [1.807, 2.05) is 24.5 Å². The second-order valence-electron chi connectivity index (χ2n) is 4.24. The van der Waals surface area contributed by atoms with Gasteiger partial charge in [-0.2, -0.15) is 11.8 Å². The molecule has 0 amide bonds.